The maximum atomic E-state index is 11.1. The Morgan fingerprint density at radius 3 is 2.73 bits per heavy atom. The fraction of sp³-hybridized carbons (Fsp3) is 0.818. The van der Waals surface area contributed by atoms with Crippen LogP contribution in [0.3, 0.4) is 0 Å². The van der Waals surface area contributed by atoms with Gasteiger partial charge in [-0.1, -0.05) is 26.2 Å². The van der Waals surface area contributed by atoms with E-state index in [4.69, 9.17) is 10.5 Å². The van der Waals surface area contributed by atoms with Crippen molar-refractivity contribution in [1.29, 1.82) is 0 Å². The number of carbonyl (C=O) groups excluding carboxylic acids is 2. The van der Waals surface area contributed by atoms with Crippen molar-refractivity contribution in [3.8, 4) is 0 Å². The molecule has 0 spiro atoms. The molecule has 88 valence electrons. The van der Waals surface area contributed by atoms with E-state index in [0.29, 0.717) is 19.3 Å². The number of hydrogen-bond acceptors (Lipinski definition) is 4. The normalized spacial score (nSPS) is 12.1. The number of unbranched alkanes of at least 4 members (excludes halogenated alkanes) is 3. The minimum Gasteiger partial charge on any atom is -0.466 e. The Balaban J connectivity index is 3.29. The highest BCUT2D eigenvalue weighted by molar-refractivity contribution is 5.70. The van der Waals surface area contributed by atoms with Crippen LogP contribution in [-0.4, -0.2) is 24.9 Å². The van der Waals surface area contributed by atoms with E-state index in [1.54, 1.807) is 0 Å². The molecule has 4 heteroatoms. The Labute approximate surface area is 91.2 Å². The maximum absolute atomic E-state index is 11.1. The van der Waals surface area contributed by atoms with E-state index in [0.717, 1.165) is 12.8 Å². The van der Waals surface area contributed by atoms with Gasteiger partial charge in [-0.25, -0.2) is 0 Å². The number of rotatable bonds is 9. The standard InChI is InChI=1S/C11H21NO3/c1-2-3-4-5-8-15-11(14)7-6-10(12)9-13/h9-10H,2-8,12H2,1H3. The van der Waals surface area contributed by atoms with Crippen molar-refractivity contribution < 1.29 is 14.3 Å². The SMILES string of the molecule is CCCCCCOC(=O)CCC(N)C=O. The van der Waals surface area contributed by atoms with Gasteiger partial charge in [0.2, 0.25) is 0 Å². The van der Waals surface area contributed by atoms with E-state index >= 15 is 0 Å². The van der Waals surface area contributed by atoms with E-state index in [9.17, 15) is 9.59 Å². The van der Waals surface area contributed by atoms with Gasteiger partial charge in [0, 0.05) is 6.42 Å². The fourth-order valence-corrected chi connectivity index (χ4v) is 1.14. The van der Waals surface area contributed by atoms with Crippen LogP contribution in [0.4, 0.5) is 0 Å². The average molecular weight is 215 g/mol. The molecular formula is C11H21NO3. The van der Waals surface area contributed by atoms with Crippen molar-refractivity contribution in [3.63, 3.8) is 0 Å². The van der Waals surface area contributed by atoms with E-state index in [1.807, 2.05) is 0 Å². The molecule has 0 aromatic rings. The van der Waals surface area contributed by atoms with Gasteiger partial charge < -0.3 is 15.3 Å². The molecule has 0 radical (unpaired) electrons. The van der Waals surface area contributed by atoms with E-state index in [-0.39, 0.29) is 12.4 Å². The lowest BCUT2D eigenvalue weighted by Gasteiger charge is -2.05. The summed E-state index contributed by atoms with van der Waals surface area (Å²) >= 11 is 0. The first-order chi connectivity index (χ1) is 7.20. The van der Waals surface area contributed by atoms with Gasteiger partial charge in [0.25, 0.3) is 0 Å². The van der Waals surface area contributed by atoms with Crippen LogP contribution < -0.4 is 5.73 Å². The molecule has 0 aliphatic rings. The third-order valence-corrected chi connectivity index (χ3v) is 2.12. The zero-order valence-electron chi connectivity index (χ0n) is 9.41. The van der Waals surface area contributed by atoms with Crippen molar-refractivity contribution in [3.05, 3.63) is 0 Å². The summed E-state index contributed by atoms with van der Waals surface area (Å²) < 4.78 is 4.97. The monoisotopic (exact) mass is 215 g/mol. The van der Waals surface area contributed by atoms with Crippen LogP contribution in [0.15, 0.2) is 0 Å². The Kier molecular flexibility index (Phi) is 9.07. The van der Waals surface area contributed by atoms with Crippen LogP contribution in [0.25, 0.3) is 0 Å². The summed E-state index contributed by atoms with van der Waals surface area (Å²) in [4.78, 5) is 21.3. The number of esters is 1. The highest BCUT2D eigenvalue weighted by Gasteiger charge is 2.06. The molecule has 0 aromatic heterocycles. The molecule has 2 N–H and O–H groups in total. The van der Waals surface area contributed by atoms with Gasteiger partial charge in [0.05, 0.1) is 12.6 Å². The Morgan fingerprint density at radius 2 is 2.13 bits per heavy atom. The summed E-state index contributed by atoms with van der Waals surface area (Å²) in [7, 11) is 0. The predicted octanol–water partition coefficient (Wildman–Crippen LogP) is 1.42. The first-order valence-corrected chi connectivity index (χ1v) is 5.57. The molecule has 0 fully saturated rings. The number of carbonyl (C=O) groups is 2. The van der Waals surface area contributed by atoms with Crippen molar-refractivity contribution >= 4 is 12.3 Å². The van der Waals surface area contributed by atoms with Crippen LogP contribution in [0.5, 0.6) is 0 Å². The van der Waals surface area contributed by atoms with Crippen molar-refractivity contribution in [1.82, 2.24) is 0 Å². The Hall–Kier alpha value is -0.900. The summed E-state index contributed by atoms with van der Waals surface area (Å²) in [6, 6.07) is -0.544. The zero-order chi connectivity index (χ0) is 11.5. The summed E-state index contributed by atoms with van der Waals surface area (Å²) in [6.45, 7) is 2.61. The van der Waals surface area contributed by atoms with Crippen molar-refractivity contribution in [2.75, 3.05) is 6.61 Å². The second-order valence-corrected chi connectivity index (χ2v) is 3.62. The maximum Gasteiger partial charge on any atom is 0.305 e. The van der Waals surface area contributed by atoms with Gasteiger partial charge >= 0.3 is 5.97 Å². The molecule has 15 heavy (non-hydrogen) atoms. The van der Waals surface area contributed by atoms with Crippen LogP contribution in [-0.2, 0) is 14.3 Å². The zero-order valence-corrected chi connectivity index (χ0v) is 9.41. The second-order valence-electron chi connectivity index (χ2n) is 3.62. The first-order valence-electron chi connectivity index (χ1n) is 5.57. The quantitative estimate of drug-likeness (QED) is 0.359. The summed E-state index contributed by atoms with van der Waals surface area (Å²) in [5.41, 5.74) is 5.34. The molecule has 1 unspecified atom stereocenters. The Bertz CT molecular complexity index is 183. The van der Waals surface area contributed by atoms with Crippen LogP contribution >= 0.6 is 0 Å². The van der Waals surface area contributed by atoms with Gasteiger partial charge in [-0.05, 0) is 12.8 Å². The van der Waals surface area contributed by atoms with Gasteiger partial charge in [-0.3, -0.25) is 4.79 Å². The third-order valence-electron chi connectivity index (χ3n) is 2.12. The highest BCUT2D eigenvalue weighted by Crippen LogP contribution is 2.01. The molecule has 0 bridgehead atoms. The largest absolute Gasteiger partial charge is 0.466 e. The van der Waals surface area contributed by atoms with Crippen LogP contribution in [0.2, 0.25) is 0 Å². The second kappa shape index (κ2) is 9.65. The molecule has 4 nitrogen and oxygen atoms in total. The van der Waals surface area contributed by atoms with Crippen LogP contribution in [0.1, 0.15) is 45.4 Å². The lowest BCUT2D eigenvalue weighted by molar-refractivity contribution is -0.143. The summed E-state index contributed by atoms with van der Waals surface area (Å²) in [5, 5.41) is 0. The van der Waals surface area contributed by atoms with Gasteiger partial charge in [-0.15, -0.1) is 0 Å². The first kappa shape index (κ1) is 14.1. The molecular weight excluding hydrogens is 194 g/mol. The molecule has 0 amide bonds. The van der Waals surface area contributed by atoms with Gasteiger partial charge in [0.1, 0.15) is 6.29 Å². The molecule has 0 rings (SSSR count). The molecule has 0 saturated carbocycles. The summed E-state index contributed by atoms with van der Waals surface area (Å²) in [6.07, 6.45) is 5.60. The van der Waals surface area contributed by atoms with Gasteiger partial charge in [0.15, 0.2) is 0 Å². The van der Waals surface area contributed by atoms with E-state index in [2.05, 4.69) is 6.92 Å². The van der Waals surface area contributed by atoms with Crippen molar-refractivity contribution in [2.24, 2.45) is 5.73 Å². The molecule has 0 heterocycles. The molecule has 0 aliphatic heterocycles. The Morgan fingerprint density at radius 1 is 1.40 bits per heavy atom. The van der Waals surface area contributed by atoms with Crippen LogP contribution in [0, 0.1) is 0 Å². The molecule has 1 atom stereocenters. The van der Waals surface area contributed by atoms with Crippen molar-refractivity contribution in [2.45, 2.75) is 51.5 Å². The third kappa shape index (κ3) is 9.41. The predicted molar refractivity (Wildman–Crippen MR) is 58.4 cm³/mol. The number of hydrogen-bond donors (Lipinski definition) is 1. The average Bonchev–Trinajstić information content (AvgIpc) is 2.25. The number of ether oxygens (including phenoxy) is 1. The lowest BCUT2D eigenvalue weighted by atomic mass is 10.2. The minimum atomic E-state index is -0.544. The lowest BCUT2D eigenvalue weighted by Crippen LogP contribution is -2.22. The van der Waals surface area contributed by atoms with E-state index < -0.39 is 6.04 Å². The minimum absolute atomic E-state index is 0.230. The number of nitrogens with two attached hydrogens (primary N) is 1. The molecule has 0 aliphatic carbocycles. The van der Waals surface area contributed by atoms with Gasteiger partial charge in [-0.2, -0.15) is 0 Å². The smallest absolute Gasteiger partial charge is 0.305 e. The molecule has 0 saturated heterocycles. The molecule has 0 aromatic carbocycles. The van der Waals surface area contributed by atoms with E-state index in [1.165, 1.54) is 12.8 Å². The number of aldehydes is 1. The fourth-order valence-electron chi connectivity index (χ4n) is 1.14. The highest BCUT2D eigenvalue weighted by atomic mass is 16.5. The topological polar surface area (TPSA) is 69.4 Å². The summed E-state index contributed by atoms with van der Waals surface area (Å²) in [5.74, 6) is -0.260.